The fourth-order valence-electron chi connectivity index (χ4n) is 4.01. The van der Waals surface area contributed by atoms with Crippen molar-refractivity contribution in [2.45, 2.75) is 6.92 Å². The predicted molar refractivity (Wildman–Crippen MR) is 158 cm³/mol. The molecule has 40 heavy (non-hydrogen) atoms. The minimum atomic E-state index is -0.588. The van der Waals surface area contributed by atoms with Gasteiger partial charge < -0.3 is 19.2 Å². The second kappa shape index (κ2) is 12.0. The van der Waals surface area contributed by atoms with Gasteiger partial charge in [-0.25, -0.2) is 4.79 Å². The Morgan fingerprint density at radius 3 is 2.30 bits per heavy atom. The number of anilines is 1. The maximum absolute atomic E-state index is 13.5. The molecule has 0 radical (unpaired) electrons. The van der Waals surface area contributed by atoms with Crippen LogP contribution in [0.2, 0.25) is 10.0 Å². The standard InChI is InChI=1S/C30H21Cl2NO6S/c1-2-37-30(36)21-15-23(17-9-5-3-6-10-17)40-29(21)33-24(34)16-38-28-25(35)20-13-19(31)14-22(32)27(20)39-26(28)18-11-7-4-8-12-18/h3-15H,2,16H2,1H3,(H,33,34). The highest BCUT2D eigenvalue weighted by Gasteiger charge is 2.23. The van der Waals surface area contributed by atoms with E-state index < -0.39 is 23.9 Å². The third-order valence-corrected chi connectivity index (χ3v) is 7.39. The fraction of sp³-hybridized carbons (Fsp3) is 0.100. The van der Waals surface area contributed by atoms with Crippen molar-refractivity contribution in [1.82, 2.24) is 0 Å². The van der Waals surface area contributed by atoms with E-state index in [-0.39, 0.29) is 44.7 Å². The number of halogens is 2. The first-order chi connectivity index (χ1) is 19.4. The van der Waals surface area contributed by atoms with Gasteiger partial charge in [0.1, 0.15) is 5.00 Å². The lowest BCUT2D eigenvalue weighted by Crippen LogP contribution is -2.23. The quantitative estimate of drug-likeness (QED) is 0.185. The molecule has 0 aliphatic rings. The van der Waals surface area contributed by atoms with Crippen molar-refractivity contribution < 1.29 is 23.5 Å². The zero-order valence-corrected chi connectivity index (χ0v) is 23.4. The minimum absolute atomic E-state index is 0.114. The average Bonchev–Trinajstić information content (AvgIpc) is 3.37. The third-order valence-electron chi connectivity index (χ3n) is 5.79. The SMILES string of the molecule is CCOC(=O)c1cc(-c2ccccc2)sc1NC(=O)COc1c(-c2ccccc2)oc2c(Cl)cc(Cl)cc2c1=O. The van der Waals surface area contributed by atoms with Gasteiger partial charge in [0, 0.05) is 15.5 Å². The molecule has 0 aliphatic heterocycles. The molecule has 202 valence electrons. The van der Waals surface area contributed by atoms with Crippen molar-refractivity contribution in [3.05, 3.63) is 105 Å². The van der Waals surface area contributed by atoms with Crippen LogP contribution in [0, 0.1) is 0 Å². The van der Waals surface area contributed by atoms with E-state index in [4.69, 9.17) is 37.1 Å². The van der Waals surface area contributed by atoms with E-state index in [0.29, 0.717) is 10.6 Å². The van der Waals surface area contributed by atoms with E-state index in [1.165, 1.54) is 23.5 Å². The van der Waals surface area contributed by atoms with Crippen LogP contribution in [0.25, 0.3) is 32.7 Å². The number of fused-ring (bicyclic) bond motifs is 1. The average molecular weight is 594 g/mol. The summed E-state index contributed by atoms with van der Waals surface area (Å²) in [4.78, 5) is 39.9. The number of esters is 1. The highest BCUT2D eigenvalue weighted by atomic mass is 35.5. The van der Waals surface area contributed by atoms with Crippen molar-refractivity contribution >= 4 is 62.4 Å². The molecule has 3 aromatic carbocycles. The number of amides is 1. The van der Waals surface area contributed by atoms with Crippen molar-refractivity contribution in [2.75, 3.05) is 18.5 Å². The lowest BCUT2D eigenvalue weighted by molar-refractivity contribution is -0.118. The van der Waals surface area contributed by atoms with Crippen LogP contribution in [0.1, 0.15) is 17.3 Å². The third kappa shape index (κ3) is 5.74. The monoisotopic (exact) mass is 593 g/mol. The van der Waals surface area contributed by atoms with Crippen LogP contribution in [-0.4, -0.2) is 25.1 Å². The topological polar surface area (TPSA) is 94.8 Å². The van der Waals surface area contributed by atoms with Crippen LogP contribution in [0.15, 0.2) is 88.1 Å². The van der Waals surface area contributed by atoms with Gasteiger partial charge in [0.15, 0.2) is 18.0 Å². The summed E-state index contributed by atoms with van der Waals surface area (Å²) in [7, 11) is 0. The Kier molecular flexibility index (Phi) is 8.21. The Bertz CT molecular complexity index is 1770. The van der Waals surface area contributed by atoms with E-state index in [0.717, 1.165) is 10.4 Å². The summed E-state index contributed by atoms with van der Waals surface area (Å²) in [5.74, 6) is -1.21. The van der Waals surface area contributed by atoms with Crippen LogP contribution in [0.3, 0.4) is 0 Å². The number of hydrogen-bond donors (Lipinski definition) is 1. The summed E-state index contributed by atoms with van der Waals surface area (Å²) in [5.41, 5.74) is 1.27. The Balaban J connectivity index is 1.46. The molecular formula is C30H21Cl2NO6S. The van der Waals surface area contributed by atoms with Crippen LogP contribution in [0.4, 0.5) is 5.00 Å². The molecule has 0 bridgehead atoms. The highest BCUT2D eigenvalue weighted by molar-refractivity contribution is 7.20. The molecule has 0 spiro atoms. The number of hydrogen-bond acceptors (Lipinski definition) is 7. The lowest BCUT2D eigenvalue weighted by atomic mass is 10.1. The smallest absolute Gasteiger partial charge is 0.341 e. The normalized spacial score (nSPS) is 10.9. The van der Waals surface area contributed by atoms with E-state index in [1.54, 1.807) is 37.3 Å². The molecule has 0 saturated carbocycles. The summed E-state index contributed by atoms with van der Waals surface area (Å²) >= 11 is 13.7. The molecule has 0 fully saturated rings. The number of nitrogens with one attached hydrogen (secondary N) is 1. The zero-order valence-electron chi connectivity index (χ0n) is 21.0. The molecule has 10 heteroatoms. The fourth-order valence-corrected chi connectivity index (χ4v) is 5.61. The van der Waals surface area contributed by atoms with Crippen molar-refractivity contribution in [2.24, 2.45) is 0 Å². The van der Waals surface area contributed by atoms with Gasteiger partial charge in [0.05, 0.1) is 22.6 Å². The van der Waals surface area contributed by atoms with Gasteiger partial charge >= 0.3 is 5.97 Å². The summed E-state index contributed by atoms with van der Waals surface area (Å²) in [6.07, 6.45) is 0. The lowest BCUT2D eigenvalue weighted by Gasteiger charge is -2.12. The van der Waals surface area contributed by atoms with E-state index in [9.17, 15) is 14.4 Å². The molecule has 2 heterocycles. The van der Waals surface area contributed by atoms with Crippen LogP contribution >= 0.6 is 34.5 Å². The molecule has 0 unspecified atom stereocenters. The molecule has 0 aliphatic carbocycles. The molecule has 0 saturated heterocycles. The van der Waals surface area contributed by atoms with E-state index in [2.05, 4.69) is 5.32 Å². The summed E-state index contributed by atoms with van der Waals surface area (Å²) in [5, 5.41) is 3.56. The molecule has 2 aromatic heterocycles. The van der Waals surface area contributed by atoms with Gasteiger partial charge in [0.25, 0.3) is 5.91 Å². The van der Waals surface area contributed by atoms with E-state index >= 15 is 0 Å². The van der Waals surface area contributed by atoms with Gasteiger partial charge in [-0.1, -0.05) is 83.9 Å². The molecule has 5 rings (SSSR count). The van der Waals surface area contributed by atoms with Gasteiger partial charge in [-0.3, -0.25) is 9.59 Å². The Hall–Kier alpha value is -4.11. The molecule has 0 atom stereocenters. The highest BCUT2D eigenvalue weighted by Crippen LogP contribution is 2.37. The number of carbonyl (C=O) groups excluding carboxylic acids is 2. The van der Waals surface area contributed by atoms with Gasteiger partial charge in [0.2, 0.25) is 11.2 Å². The van der Waals surface area contributed by atoms with Crippen molar-refractivity contribution in [3.8, 4) is 27.5 Å². The summed E-state index contributed by atoms with van der Waals surface area (Å²) < 4.78 is 17.0. The van der Waals surface area contributed by atoms with Crippen molar-refractivity contribution in [3.63, 3.8) is 0 Å². The first kappa shape index (κ1) is 27.5. The zero-order chi connectivity index (χ0) is 28.2. The number of carbonyl (C=O) groups is 2. The maximum Gasteiger partial charge on any atom is 0.341 e. The van der Waals surface area contributed by atoms with Crippen LogP contribution < -0.4 is 15.5 Å². The Labute approximate surface area is 242 Å². The molecule has 1 N–H and O–H groups in total. The first-order valence-electron chi connectivity index (χ1n) is 12.2. The second-order valence-corrected chi connectivity index (χ2v) is 10.4. The molecule has 5 aromatic rings. The minimum Gasteiger partial charge on any atom is -0.476 e. The second-order valence-electron chi connectivity index (χ2n) is 8.50. The van der Waals surface area contributed by atoms with Gasteiger partial charge in [-0.2, -0.15) is 0 Å². The van der Waals surface area contributed by atoms with E-state index in [1.807, 2.05) is 36.4 Å². The first-order valence-corrected chi connectivity index (χ1v) is 13.7. The van der Waals surface area contributed by atoms with Crippen LogP contribution in [0.5, 0.6) is 5.75 Å². The van der Waals surface area contributed by atoms with Gasteiger partial charge in [-0.15, -0.1) is 11.3 Å². The molecular weight excluding hydrogens is 573 g/mol. The summed E-state index contributed by atoms with van der Waals surface area (Å²) in [6, 6.07) is 22.9. The maximum atomic E-state index is 13.5. The van der Waals surface area contributed by atoms with Gasteiger partial charge in [-0.05, 0) is 30.7 Å². The van der Waals surface area contributed by atoms with Crippen molar-refractivity contribution in [1.29, 1.82) is 0 Å². The molecule has 7 nitrogen and oxygen atoms in total. The number of benzene rings is 3. The molecule has 1 amide bonds. The Morgan fingerprint density at radius 2 is 1.62 bits per heavy atom. The number of ether oxygens (including phenoxy) is 2. The van der Waals surface area contributed by atoms with Crippen LogP contribution in [-0.2, 0) is 9.53 Å². The largest absolute Gasteiger partial charge is 0.476 e. The number of rotatable bonds is 8. The Morgan fingerprint density at radius 1 is 0.950 bits per heavy atom. The predicted octanol–water partition coefficient (Wildman–Crippen LogP) is 7.69. The summed E-state index contributed by atoms with van der Waals surface area (Å²) in [6.45, 7) is 1.35. The number of thiophene rings is 1.